The van der Waals surface area contributed by atoms with Crippen molar-refractivity contribution in [1.29, 1.82) is 0 Å². The van der Waals surface area contributed by atoms with Crippen LogP contribution >= 0.6 is 0 Å². The predicted molar refractivity (Wildman–Crippen MR) is 63.8 cm³/mol. The van der Waals surface area contributed by atoms with E-state index in [1.165, 1.54) is 0 Å². The van der Waals surface area contributed by atoms with Crippen LogP contribution in [0.15, 0.2) is 42.1 Å². The first kappa shape index (κ1) is 11.4. The van der Waals surface area contributed by atoms with Crippen LogP contribution in [-0.2, 0) is 9.59 Å². The molecular formula is C13H14N2O2. The fourth-order valence-electron chi connectivity index (χ4n) is 1.68. The summed E-state index contributed by atoms with van der Waals surface area (Å²) in [5, 5.41) is 5.36. The fourth-order valence-corrected chi connectivity index (χ4v) is 1.68. The molecule has 0 aliphatic carbocycles. The number of benzene rings is 1. The summed E-state index contributed by atoms with van der Waals surface area (Å²) in [7, 11) is 0. The van der Waals surface area contributed by atoms with Crippen LogP contribution < -0.4 is 10.6 Å². The lowest BCUT2D eigenvalue weighted by molar-refractivity contribution is -0.124. The quantitative estimate of drug-likeness (QED) is 0.607. The molecule has 2 N–H and O–H groups in total. The monoisotopic (exact) mass is 230 g/mol. The lowest BCUT2D eigenvalue weighted by Gasteiger charge is -2.12. The van der Waals surface area contributed by atoms with Crippen LogP contribution in [0.1, 0.15) is 24.9 Å². The van der Waals surface area contributed by atoms with Crippen LogP contribution in [0.2, 0.25) is 0 Å². The smallest absolute Gasteiger partial charge is 0.255 e. The van der Waals surface area contributed by atoms with Crippen LogP contribution in [0, 0.1) is 0 Å². The summed E-state index contributed by atoms with van der Waals surface area (Å²) in [4.78, 5) is 22.3. The molecule has 0 radical (unpaired) electrons. The Hall–Kier alpha value is -2.10. The first-order valence-electron chi connectivity index (χ1n) is 5.51. The summed E-state index contributed by atoms with van der Waals surface area (Å²) < 4.78 is 0. The number of rotatable bonds is 3. The summed E-state index contributed by atoms with van der Waals surface area (Å²) in [6.45, 7) is 2.00. The maximum absolute atomic E-state index is 11.3. The number of hydrogen-bond donors (Lipinski definition) is 2. The summed E-state index contributed by atoms with van der Waals surface area (Å²) >= 11 is 0. The van der Waals surface area contributed by atoms with Crippen molar-refractivity contribution in [3.05, 3.63) is 47.7 Å². The molecule has 1 heterocycles. The van der Waals surface area contributed by atoms with E-state index < -0.39 is 0 Å². The Morgan fingerprint density at radius 2 is 2.00 bits per heavy atom. The topological polar surface area (TPSA) is 58.2 Å². The van der Waals surface area contributed by atoms with Gasteiger partial charge in [0.15, 0.2) is 0 Å². The predicted octanol–water partition coefficient (Wildman–Crippen LogP) is 1.27. The third-order valence-electron chi connectivity index (χ3n) is 2.70. The van der Waals surface area contributed by atoms with Gasteiger partial charge in [0.05, 0.1) is 6.42 Å². The Morgan fingerprint density at radius 1 is 1.29 bits per heavy atom. The van der Waals surface area contributed by atoms with Gasteiger partial charge in [0.2, 0.25) is 5.91 Å². The van der Waals surface area contributed by atoms with Gasteiger partial charge in [0, 0.05) is 17.8 Å². The highest BCUT2D eigenvalue weighted by Gasteiger charge is 2.23. The molecule has 1 aromatic rings. The van der Waals surface area contributed by atoms with Gasteiger partial charge in [-0.1, -0.05) is 30.3 Å². The number of amides is 2. The SMILES string of the molecule is C[C@H](N/C=C1\CC(=O)NC1=O)c1ccccc1. The molecule has 1 saturated heterocycles. The van der Waals surface area contributed by atoms with E-state index in [-0.39, 0.29) is 24.3 Å². The largest absolute Gasteiger partial charge is 0.384 e. The van der Waals surface area contributed by atoms with E-state index >= 15 is 0 Å². The lowest BCUT2D eigenvalue weighted by atomic mass is 10.1. The number of carbonyl (C=O) groups excluding carboxylic acids is 2. The number of imide groups is 1. The van der Waals surface area contributed by atoms with E-state index in [1.54, 1.807) is 6.20 Å². The Labute approximate surface area is 99.7 Å². The van der Waals surface area contributed by atoms with E-state index in [4.69, 9.17) is 0 Å². The first-order chi connectivity index (χ1) is 8.16. The molecule has 1 aromatic carbocycles. The molecule has 0 spiro atoms. The maximum Gasteiger partial charge on any atom is 0.255 e. The molecule has 1 fully saturated rings. The van der Waals surface area contributed by atoms with E-state index in [2.05, 4.69) is 10.6 Å². The third kappa shape index (κ3) is 2.72. The van der Waals surface area contributed by atoms with Gasteiger partial charge < -0.3 is 5.32 Å². The highest BCUT2D eigenvalue weighted by Crippen LogP contribution is 2.13. The van der Waals surface area contributed by atoms with Gasteiger partial charge in [-0.05, 0) is 12.5 Å². The molecule has 2 amide bonds. The zero-order valence-electron chi connectivity index (χ0n) is 9.57. The van der Waals surface area contributed by atoms with Crippen molar-refractivity contribution in [2.24, 2.45) is 0 Å². The van der Waals surface area contributed by atoms with Crippen molar-refractivity contribution in [2.75, 3.05) is 0 Å². The van der Waals surface area contributed by atoms with Crippen LogP contribution in [0.5, 0.6) is 0 Å². The Morgan fingerprint density at radius 3 is 2.59 bits per heavy atom. The average Bonchev–Trinajstić information content (AvgIpc) is 2.66. The molecule has 0 bridgehead atoms. The Bertz CT molecular complexity index is 466. The molecule has 4 heteroatoms. The molecule has 4 nitrogen and oxygen atoms in total. The summed E-state index contributed by atoms with van der Waals surface area (Å²) in [6.07, 6.45) is 1.78. The van der Waals surface area contributed by atoms with Gasteiger partial charge in [-0.25, -0.2) is 0 Å². The normalized spacial score (nSPS) is 19.2. The number of hydrogen-bond acceptors (Lipinski definition) is 3. The van der Waals surface area contributed by atoms with E-state index in [0.29, 0.717) is 5.57 Å². The minimum atomic E-state index is -0.303. The molecule has 2 rings (SSSR count). The molecule has 1 aliphatic heterocycles. The van der Waals surface area contributed by atoms with E-state index in [9.17, 15) is 9.59 Å². The first-order valence-corrected chi connectivity index (χ1v) is 5.51. The van der Waals surface area contributed by atoms with Crippen molar-refractivity contribution in [2.45, 2.75) is 19.4 Å². The minimum Gasteiger partial charge on any atom is -0.384 e. The Kier molecular flexibility index (Phi) is 3.23. The maximum atomic E-state index is 11.3. The van der Waals surface area contributed by atoms with Crippen LogP contribution in [0.25, 0.3) is 0 Å². The zero-order chi connectivity index (χ0) is 12.3. The Balaban J connectivity index is 2.01. The van der Waals surface area contributed by atoms with Crippen molar-refractivity contribution >= 4 is 11.8 Å². The molecule has 0 saturated carbocycles. The van der Waals surface area contributed by atoms with Gasteiger partial charge in [-0.3, -0.25) is 14.9 Å². The molecule has 88 valence electrons. The summed E-state index contributed by atoms with van der Waals surface area (Å²) in [5.74, 6) is -0.543. The van der Waals surface area contributed by atoms with Gasteiger partial charge in [0.1, 0.15) is 0 Å². The van der Waals surface area contributed by atoms with Gasteiger partial charge in [-0.2, -0.15) is 0 Å². The van der Waals surface area contributed by atoms with Gasteiger partial charge >= 0.3 is 0 Å². The molecule has 0 unspecified atom stereocenters. The molecule has 17 heavy (non-hydrogen) atoms. The highest BCUT2D eigenvalue weighted by molar-refractivity contribution is 6.13. The highest BCUT2D eigenvalue weighted by atomic mass is 16.2. The standard InChI is InChI=1S/C13H14N2O2/c1-9(10-5-3-2-4-6-10)14-8-11-7-12(16)15-13(11)17/h2-6,8-9,14H,7H2,1H3,(H,15,16,17)/b11-8+/t9-/m0/s1. The lowest BCUT2D eigenvalue weighted by Crippen LogP contribution is -2.20. The number of carbonyl (C=O) groups is 2. The zero-order valence-corrected chi connectivity index (χ0v) is 9.57. The minimum absolute atomic E-state index is 0.104. The van der Waals surface area contributed by atoms with E-state index in [1.807, 2.05) is 37.3 Å². The van der Waals surface area contributed by atoms with Crippen molar-refractivity contribution in [1.82, 2.24) is 10.6 Å². The van der Waals surface area contributed by atoms with Gasteiger partial charge in [-0.15, -0.1) is 0 Å². The molecule has 0 aromatic heterocycles. The summed E-state index contributed by atoms with van der Waals surface area (Å²) in [5.41, 5.74) is 1.62. The van der Waals surface area contributed by atoms with Crippen LogP contribution in [-0.4, -0.2) is 11.8 Å². The van der Waals surface area contributed by atoms with Crippen LogP contribution in [0.3, 0.4) is 0 Å². The molecule has 1 aliphatic rings. The summed E-state index contributed by atoms with van der Waals surface area (Å²) in [6, 6.07) is 10.0. The van der Waals surface area contributed by atoms with E-state index in [0.717, 1.165) is 5.56 Å². The van der Waals surface area contributed by atoms with Crippen molar-refractivity contribution in [3.63, 3.8) is 0 Å². The second-order valence-electron chi connectivity index (χ2n) is 4.02. The molecule has 1 atom stereocenters. The second kappa shape index (κ2) is 4.82. The number of nitrogens with one attached hydrogen (secondary N) is 2. The average molecular weight is 230 g/mol. The van der Waals surface area contributed by atoms with Crippen LogP contribution in [0.4, 0.5) is 0 Å². The van der Waals surface area contributed by atoms with Gasteiger partial charge in [0.25, 0.3) is 5.91 Å². The second-order valence-corrected chi connectivity index (χ2v) is 4.02. The fraction of sp³-hybridized carbons (Fsp3) is 0.231. The van der Waals surface area contributed by atoms with Crippen molar-refractivity contribution < 1.29 is 9.59 Å². The third-order valence-corrected chi connectivity index (χ3v) is 2.70. The molecular weight excluding hydrogens is 216 g/mol. The van der Waals surface area contributed by atoms with Crippen molar-refractivity contribution in [3.8, 4) is 0 Å².